The molecule has 1 heterocycles. The third-order valence-corrected chi connectivity index (χ3v) is 4.71. The smallest absolute Gasteiger partial charge is 0.330 e. The van der Waals surface area contributed by atoms with E-state index in [-0.39, 0.29) is 5.69 Å². The highest BCUT2D eigenvalue weighted by atomic mass is 32.1. The fourth-order valence-electron chi connectivity index (χ4n) is 2.38. The summed E-state index contributed by atoms with van der Waals surface area (Å²) in [5, 5.41) is 11.7. The number of hydrogen-bond donors (Lipinski definition) is 0. The summed E-state index contributed by atoms with van der Waals surface area (Å²) in [4.78, 5) is 26.5. The number of hydrogen-bond acceptors (Lipinski definition) is 6. The molecule has 0 saturated heterocycles. The minimum atomic E-state index is -0.475. The molecule has 0 spiro atoms. The predicted molar refractivity (Wildman–Crippen MR) is 101 cm³/mol. The number of fused-ring (bicyclic) bond motifs is 1. The van der Waals surface area contributed by atoms with Crippen LogP contribution in [0.4, 0.5) is 5.69 Å². The second kappa shape index (κ2) is 8.35. The van der Waals surface area contributed by atoms with Crippen molar-refractivity contribution in [1.82, 2.24) is 4.98 Å². The van der Waals surface area contributed by atoms with Gasteiger partial charge in [-0.3, -0.25) is 10.1 Å². The van der Waals surface area contributed by atoms with Gasteiger partial charge in [-0.25, -0.2) is 9.78 Å². The standard InChI is InChI=1S/C19H16N2O4S/c22-19(11-10-14-5-3-6-15(13-14)21(23)24)25-12-4-9-18-20-16-7-1-2-8-17(16)26-18/h1-3,5-8,10-11,13H,4,9,12H2/b11-10+. The lowest BCUT2D eigenvalue weighted by molar-refractivity contribution is -0.384. The molecule has 0 bridgehead atoms. The van der Waals surface area contributed by atoms with E-state index in [0.29, 0.717) is 18.6 Å². The van der Waals surface area contributed by atoms with Crippen LogP contribution in [-0.4, -0.2) is 22.5 Å². The van der Waals surface area contributed by atoms with E-state index < -0.39 is 10.9 Å². The van der Waals surface area contributed by atoms with E-state index in [2.05, 4.69) is 4.98 Å². The zero-order valence-corrected chi connectivity index (χ0v) is 14.6. The van der Waals surface area contributed by atoms with E-state index in [1.165, 1.54) is 24.3 Å². The van der Waals surface area contributed by atoms with Crippen LogP contribution in [0.5, 0.6) is 0 Å². The lowest BCUT2D eigenvalue weighted by atomic mass is 10.2. The molecule has 6 nitrogen and oxygen atoms in total. The molecule has 0 amide bonds. The van der Waals surface area contributed by atoms with Gasteiger partial charge in [0.05, 0.1) is 26.8 Å². The minimum absolute atomic E-state index is 0.0173. The number of non-ortho nitro benzene ring substituents is 1. The number of nitro groups is 1. The van der Waals surface area contributed by atoms with Crippen molar-refractivity contribution in [3.8, 4) is 0 Å². The van der Waals surface area contributed by atoms with E-state index in [0.717, 1.165) is 21.6 Å². The Morgan fingerprint density at radius 2 is 2.08 bits per heavy atom. The average Bonchev–Trinajstić information content (AvgIpc) is 3.06. The number of aryl methyl sites for hydroxylation is 1. The molecule has 0 aliphatic rings. The Balaban J connectivity index is 1.45. The van der Waals surface area contributed by atoms with E-state index in [1.807, 2.05) is 24.3 Å². The number of thiazole rings is 1. The minimum Gasteiger partial charge on any atom is -0.463 e. The second-order valence-electron chi connectivity index (χ2n) is 5.53. The highest BCUT2D eigenvalue weighted by Crippen LogP contribution is 2.22. The fraction of sp³-hybridized carbons (Fsp3) is 0.158. The monoisotopic (exact) mass is 368 g/mol. The van der Waals surface area contributed by atoms with Crippen LogP contribution in [0.1, 0.15) is 17.0 Å². The largest absolute Gasteiger partial charge is 0.463 e. The van der Waals surface area contributed by atoms with E-state index in [1.54, 1.807) is 23.5 Å². The van der Waals surface area contributed by atoms with Crippen molar-refractivity contribution in [2.45, 2.75) is 12.8 Å². The van der Waals surface area contributed by atoms with Gasteiger partial charge in [-0.05, 0) is 30.2 Å². The van der Waals surface area contributed by atoms with Crippen molar-refractivity contribution in [1.29, 1.82) is 0 Å². The maximum atomic E-state index is 11.7. The molecule has 0 aliphatic carbocycles. The lowest BCUT2D eigenvalue weighted by Gasteiger charge is -2.00. The third kappa shape index (κ3) is 4.73. The van der Waals surface area contributed by atoms with Crippen LogP contribution in [0, 0.1) is 10.1 Å². The van der Waals surface area contributed by atoms with Crippen molar-refractivity contribution >= 4 is 39.3 Å². The molecule has 7 heteroatoms. The van der Waals surface area contributed by atoms with Crippen LogP contribution in [0.25, 0.3) is 16.3 Å². The van der Waals surface area contributed by atoms with Crippen molar-refractivity contribution in [3.63, 3.8) is 0 Å². The summed E-state index contributed by atoms with van der Waals surface area (Å²) in [7, 11) is 0. The highest BCUT2D eigenvalue weighted by Gasteiger charge is 2.05. The molecule has 0 atom stereocenters. The van der Waals surface area contributed by atoms with Gasteiger partial charge in [0.1, 0.15) is 0 Å². The maximum absolute atomic E-state index is 11.7. The summed E-state index contributed by atoms with van der Waals surface area (Å²) in [5.41, 5.74) is 1.55. The van der Waals surface area contributed by atoms with Gasteiger partial charge in [0, 0.05) is 24.6 Å². The van der Waals surface area contributed by atoms with Crippen LogP contribution in [0.3, 0.4) is 0 Å². The van der Waals surface area contributed by atoms with Crippen LogP contribution in [0.2, 0.25) is 0 Å². The molecular weight excluding hydrogens is 352 g/mol. The van der Waals surface area contributed by atoms with Crippen molar-refractivity contribution in [3.05, 3.63) is 75.3 Å². The quantitative estimate of drug-likeness (QED) is 0.203. The van der Waals surface area contributed by atoms with Gasteiger partial charge >= 0.3 is 5.97 Å². The van der Waals surface area contributed by atoms with Crippen LogP contribution < -0.4 is 0 Å². The number of rotatable bonds is 7. The Hall–Kier alpha value is -3.06. The molecule has 0 aliphatic heterocycles. The molecule has 1 aromatic heterocycles. The van der Waals surface area contributed by atoms with Crippen LogP contribution in [0.15, 0.2) is 54.6 Å². The number of carbonyl (C=O) groups is 1. The fourth-order valence-corrected chi connectivity index (χ4v) is 3.39. The van der Waals surface area contributed by atoms with Gasteiger partial charge in [-0.15, -0.1) is 11.3 Å². The topological polar surface area (TPSA) is 82.3 Å². The van der Waals surface area contributed by atoms with Gasteiger partial charge in [-0.1, -0.05) is 24.3 Å². The first-order chi connectivity index (χ1) is 12.6. The molecule has 0 radical (unpaired) electrons. The molecule has 0 N–H and O–H groups in total. The Morgan fingerprint density at radius 1 is 1.23 bits per heavy atom. The molecular formula is C19H16N2O4S. The predicted octanol–water partition coefficient (Wildman–Crippen LogP) is 4.39. The Bertz CT molecular complexity index is 932. The molecule has 2 aromatic carbocycles. The average molecular weight is 368 g/mol. The number of para-hydroxylation sites is 1. The number of carbonyl (C=O) groups excluding carboxylic acids is 1. The molecule has 26 heavy (non-hydrogen) atoms. The Morgan fingerprint density at radius 3 is 2.88 bits per heavy atom. The zero-order chi connectivity index (χ0) is 18.4. The summed E-state index contributed by atoms with van der Waals surface area (Å²) >= 11 is 1.65. The highest BCUT2D eigenvalue weighted by molar-refractivity contribution is 7.18. The number of nitro benzene ring substituents is 1. The van der Waals surface area contributed by atoms with Gasteiger partial charge in [0.15, 0.2) is 0 Å². The molecule has 0 unspecified atom stereocenters. The van der Waals surface area contributed by atoms with Crippen molar-refractivity contribution in [2.24, 2.45) is 0 Å². The summed E-state index contributed by atoms with van der Waals surface area (Å²) < 4.78 is 6.31. The summed E-state index contributed by atoms with van der Waals surface area (Å²) in [6.45, 7) is 0.300. The van der Waals surface area contributed by atoms with Gasteiger partial charge < -0.3 is 4.74 Å². The van der Waals surface area contributed by atoms with Crippen LogP contribution >= 0.6 is 11.3 Å². The van der Waals surface area contributed by atoms with Crippen molar-refractivity contribution in [2.75, 3.05) is 6.61 Å². The molecule has 3 rings (SSSR count). The summed E-state index contributed by atoms with van der Waals surface area (Å²) in [6, 6.07) is 14.0. The summed E-state index contributed by atoms with van der Waals surface area (Å²) in [5.74, 6) is -0.471. The number of esters is 1. The van der Waals surface area contributed by atoms with E-state index in [9.17, 15) is 14.9 Å². The van der Waals surface area contributed by atoms with Gasteiger partial charge in [0.2, 0.25) is 0 Å². The molecule has 3 aromatic rings. The first kappa shape index (κ1) is 17.8. The number of nitrogens with zero attached hydrogens (tertiary/aromatic N) is 2. The molecule has 0 fully saturated rings. The van der Waals surface area contributed by atoms with E-state index >= 15 is 0 Å². The first-order valence-electron chi connectivity index (χ1n) is 8.05. The van der Waals surface area contributed by atoms with Gasteiger partial charge in [-0.2, -0.15) is 0 Å². The molecule has 132 valence electrons. The number of benzene rings is 2. The SMILES string of the molecule is O=C(/C=C/c1cccc([N+](=O)[O-])c1)OCCCc1nc2ccccc2s1. The van der Waals surface area contributed by atoms with Crippen LogP contribution in [-0.2, 0) is 16.0 Å². The van der Waals surface area contributed by atoms with E-state index in [4.69, 9.17) is 4.74 Å². The first-order valence-corrected chi connectivity index (χ1v) is 8.87. The molecule has 0 saturated carbocycles. The van der Waals surface area contributed by atoms with Crippen molar-refractivity contribution < 1.29 is 14.5 Å². The number of ether oxygens (including phenoxy) is 1. The zero-order valence-electron chi connectivity index (χ0n) is 13.8. The lowest BCUT2D eigenvalue weighted by Crippen LogP contribution is -2.03. The Kier molecular flexibility index (Phi) is 5.70. The van der Waals surface area contributed by atoms with Gasteiger partial charge in [0.25, 0.3) is 5.69 Å². The summed E-state index contributed by atoms with van der Waals surface area (Å²) in [6.07, 6.45) is 4.22. The second-order valence-corrected chi connectivity index (χ2v) is 6.65. The number of aromatic nitrogens is 1. The maximum Gasteiger partial charge on any atom is 0.330 e. The normalized spacial score (nSPS) is 11.1. The third-order valence-electron chi connectivity index (χ3n) is 3.61. The Labute approximate surface area is 153 Å².